The lowest BCUT2D eigenvalue weighted by Gasteiger charge is -2.16. The maximum atomic E-state index is 12.2. The number of rotatable bonds is 7. The van der Waals surface area contributed by atoms with Crippen molar-refractivity contribution < 1.29 is 19.1 Å². The van der Waals surface area contributed by atoms with E-state index in [1.807, 2.05) is 11.8 Å². The van der Waals surface area contributed by atoms with Crippen LogP contribution in [0.25, 0.3) is 0 Å². The summed E-state index contributed by atoms with van der Waals surface area (Å²) in [7, 11) is 3.13. The van der Waals surface area contributed by atoms with Gasteiger partial charge in [-0.2, -0.15) is 0 Å². The van der Waals surface area contributed by atoms with E-state index in [1.165, 1.54) is 0 Å². The topological polar surface area (TPSA) is 67.9 Å². The molecule has 6 heteroatoms. The second kappa shape index (κ2) is 7.85. The molecule has 23 heavy (non-hydrogen) atoms. The molecule has 0 unspecified atom stereocenters. The molecular weight excluding hydrogens is 296 g/mol. The first-order valence-corrected chi connectivity index (χ1v) is 7.85. The number of nitrogens with one attached hydrogen (secondary N) is 1. The van der Waals surface area contributed by atoms with Crippen LogP contribution < -0.4 is 14.8 Å². The third-order valence-corrected chi connectivity index (χ3v) is 4.08. The van der Waals surface area contributed by atoms with Crippen LogP contribution in [-0.4, -0.2) is 50.6 Å². The van der Waals surface area contributed by atoms with Crippen molar-refractivity contribution >= 4 is 11.8 Å². The van der Waals surface area contributed by atoms with Crippen molar-refractivity contribution in [1.82, 2.24) is 10.2 Å². The molecule has 126 valence electrons. The van der Waals surface area contributed by atoms with Crippen LogP contribution in [0.15, 0.2) is 12.1 Å². The van der Waals surface area contributed by atoms with Gasteiger partial charge in [-0.3, -0.25) is 9.59 Å². The highest BCUT2D eigenvalue weighted by atomic mass is 16.5. The molecular formula is C17H24N2O4. The normalized spacial score (nSPS) is 14.0. The molecule has 2 rings (SSSR count). The second-order valence-electron chi connectivity index (χ2n) is 5.60. The molecule has 1 aliphatic rings. The summed E-state index contributed by atoms with van der Waals surface area (Å²) in [5.41, 5.74) is 1.36. The van der Waals surface area contributed by atoms with Gasteiger partial charge in [0.1, 0.15) is 11.5 Å². The van der Waals surface area contributed by atoms with Crippen LogP contribution in [-0.2, 0) is 4.79 Å². The number of carbonyl (C=O) groups is 2. The Balaban J connectivity index is 1.89. The van der Waals surface area contributed by atoms with Gasteiger partial charge in [0, 0.05) is 37.2 Å². The molecule has 1 aromatic rings. The first-order chi connectivity index (χ1) is 11.1. The number of ether oxygens (including phenoxy) is 2. The van der Waals surface area contributed by atoms with E-state index in [1.54, 1.807) is 26.4 Å². The Hall–Kier alpha value is -2.24. The number of hydrogen-bond acceptors (Lipinski definition) is 4. The van der Waals surface area contributed by atoms with Gasteiger partial charge in [0.15, 0.2) is 0 Å². The van der Waals surface area contributed by atoms with Crippen LogP contribution in [0.3, 0.4) is 0 Å². The van der Waals surface area contributed by atoms with Crippen LogP contribution in [0.1, 0.15) is 35.2 Å². The van der Waals surface area contributed by atoms with Crippen molar-refractivity contribution in [2.45, 2.75) is 26.2 Å². The largest absolute Gasteiger partial charge is 0.496 e. The van der Waals surface area contributed by atoms with E-state index in [-0.39, 0.29) is 11.8 Å². The number of methoxy groups -OCH3 is 2. The van der Waals surface area contributed by atoms with Gasteiger partial charge in [-0.05, 0) is 31.9 Å². The maximum Gasteiger partial charge on any atom is 0.251 e. The number of carbonyl (C=O) groups excluding carboxylic acids is 2. The van der Waals surface area contributed by atoms with Crippen molar-refractivity contribution in [2.75, 3.05) is 33.9 Å². The molecule has 6 nitrogen and oxygen atoms in total. The number of benzene rings is 1. The van der Waals surface area contributed by atoms with Crippen LogP contribution in [0.2, 0.25) is 0 Å². The Morgan fingerprint density at radius 2 is 1.91 bits per heavy atom. The van der Waals surface area contributed by atoms with Gasteiger partial charge in [-0.1, -0.05) is 0 Å². The van der Waals surface area contributed by atoms with E-state index in [2.05, 4.69) is 5.32 Å². The van der Waals surface area contributed by atoms with E-state index in [0.717, 1.165) is 24.9 Å². The zero-order chi connectivity index (χ0) is 16.8. The van der Waals surface area contributed by atoms with Crippen molar-refractivity contribution in [3.05, 3.63) is 23.3 Å². The van der Waals surface area contributed by atoms with Gasteiger partial charge in [0.2, 0.25) is 5.91 Å². The summed E-state index contributed by atoms with van der Waals surface area (Å²) in [4.78, 5) is 25.6. The Labute approximate surface area is 136 Å². The van der Waals surface area contributed by atoms with E-state index in [9.17, 15) is 9.59 Å². The number of amides is 2. The quantitative estimate of drug-likeness (QED) is 0.777. The zero-order valence-electron chi connectivity index (χ0n) is 14.0. The van der Waals surface area contributed by atoms with E-state index >= 15 is 0 Å². The fraction of sp³-hybridized carbons (Fsp3) is 0.529. The Bertz CT molecular complexity index is 561. The fourth-order valence-electron chi connectivity index (χ4n) is 2.73. The van der Waals surface area contributed by atoms with Crippen LogP contribution in [0, 0.1) is 6.92 Å². The molecule has 0 aliphatic carbocycles. The summed E-state index contributed by atoms with van der Waals surface area (Å²) in [6.07, 6.45) is 2.33. The molecule has 0 aromatic heterocycles. The first-order valence-electron chi connectivity index (χ1n) is 7.85. The molecule has 2 amide bonds. The smallest absolute Gasteiger partial charge is 0.251 e. The summed E-state index contributed by atoms with van der Waals surface area (Å²) in [6.45, 7) is 3.94. The molecule has 0 radical (unpaired) electrons. The Morgan fingerprint density at radius 3 is 2.43 bits per heavy atom. The number of hydrogen-bond donors (Lipinski definition) is 1. The van der Waals surface area contributed by atoms with Crippen molar-refractivity contribution in [3.8, 4) is 11.5 Å². The van der Waals surface area contributed by atoms with E-state index in [4.69, 9.17) is 9.47 Å². The second-order valence-corrected chi connectivity index (χ2v) is 5.60. The highest BCUT2D eigenvalue weighted by Crippen LogP contribution is 2.29. The van der Waals surface area contributed by atoms with Crippen molar-refractivity contribution in [3.63, 3.8) is 0 Å². The Kier molecular flexibility index (Phi) is 5.84. The third-order valence-electron chi connectivity index (χ3n) is 4.08. The lowest BCUT2D eigenvalue weighted by atomic mass is 10.1. The summed E-state index contributed by atoms with van der Waals surface area (Å²) in [6, 6.07) is 3.41. The van der Waals surface area contributed by atoms with Gasteiger partial charge in [-0.15, -0.1) is 0 Å². The minimum atomic E-state index is -0.172. The lowest BCUT2D eigenvalue weighted by molar-refractivity contribution is -0.127. The lowest BCUT2D eigenvalue weighted by Crippen LogP contribution is -2.30. The van der Waals surface area contributed by atoms with Crippen molar-refractivity contribution in [1.29, 1.82) is 0 Å². The predicted molar refractivity (Wildman–Crippen MR) is 87.0 cm³/mol. The zero-order valence-corrected chi connectivity index (χ0v) is 14.0. The Morgan fingerprint density at radius 1 is 1.26 bits per heavy atom. The minimum absolute atomic E-state index is 0.172. The SMILES string of the molecule is COc1cc(C(=O)NCCCN2CCCC2=O)cc(OC)c1C. The van der Waals surface area contributed by atoms with Crippen LogP contribution in [0.4, 0.5) is 0 Å². The minimum Gasteiger partial charge on any atom is -0.496 e. The average Bonchev–Trinajstić information content (AvgIpc) is 2.96. The summed E-state index contributed by atoms with van der Waals surface area (Å²) < 4.78 is 10.6. The molecule has 0 spiro atoms. The summed E-state index contributed by atoms with van der Waals surface area (Å²) >= 11 is 0. The molecule has 1 N–H and O–H groups in total. The highest BCUT2D eigenvalue weighted by molar-refractivity contribution is 5.95. The molecule has 0 bridgehead atoms. The van der Waals surface area contributed by atoms with Crippen molar-refractivity contribution in [2.24, 2.45) is 0 Å². The van der Waals surface area contributed by atoms with E-state index in [0.29, 0.717) is 36.6 Å². The third kappa shape index (κ3) is 4.15. The number of likely N-dealkylation sites (tertiary alicyclic amines) is 1. The van der Waals surface area contributed by atoms with Gasteiger partial charge < -0.3 is 19.7 Å². The number of nitrogens with zero attached hydrogens (tertiary/aromatic N) is 1. The molecule has 1 aliphatic heterocycles. The molecule has 1 fully saturated rings. The molecule has 0 saturated carbocycles. The average molecular weight is 320 g/mol. The first kappa shape index (κ1) is 17.1. The van der Waals surface area contributed by atoms with Gasteiger partial charge in [0.05, 0.1) is 14.2 Å². The monoisotopic (exact) mass is 320 g/mol. The maximum absolute atomic E-state index is 12.2. The summed E-state index contributed by atoms with van der Waals surface area (Å²) in [5, 5.41) is 2.87. The molecule has 1 saturated heterocycles. The highest BCUT2D eigenvalue weighted by Gasteiger charge is 2.19. The predicted octanol–water partition coefficient (Wildman–Crippen LogP) is 1.75. The summed E-state index contributed by atoms with van der Waals surface area (Å²) in [5.74, 6) is 1.29. The molecule has 0 atom stereocenters. The fourth-order valence-corrected chi connectivity index (χ4v) is 2.73. The standard InChI is InChI=1S/C17H24N2O4/c1-12-14(22-2)10-13(11-15(12)23-3)17(21)18-7-5-9-19-8-4-6-16(19)20/h10-11H,4-9H2,1-3H3,(H,18,21). The van der Waals surface area contributed by atoms with Crippen LogP contribution >= 0.6 is 0 Å². The van der Waals surface area contributed by atoms with Gasteiger partial charge >= 0.3 is 0 Å². The molecule has 1 heterocycles. The molecule has 1 aromatic carbocycles. The van der Waals surface area contributed by atoms with Gasteiger partial charge in [-0.25, -0.2) is 0 Å². The van der Waals surface area contributed by atoms with Crippen LogP contribution in [0.5, 0.6) is 11.5 Å². The van der Waals surface area contributed by atoms with E-state index < -0.39 is 0 Å². The van der Waals surface area contributed by atoms with Gasteiger partial charge in [0.25, 0.3) is 5.91 Å².